The standard InChI is InChI=1S/C13H19BN8S2/c1-5-18-10(3)16-21(12(18)23)14(20-9-7-8-15-20)22-13(24)19(6-2)11(4)17-22/h7-9H,5-6H2,1-4H3/q-1. The van der Waals surface area contributed by atoms with Crippen molar-refractivity contribution < 1.29 is 0 Å². The van der Waals surface area contributed by atoms with Gasteiger partial charge in [0.15, 0.2) is 9.54 Å². The summed E-state index contributed by atoms with van der Waals surface area (Å²) in [7, 11) is -0.474. The maximum atomic E-state index is 5.61. The lowest BCUT2D eigenvalue weighted by molar-refractivity contribution is 0.707. The van der Waals surface area contributed by atoms with Crippen LogP contribution in [0.2, 0.25) is 0 Å². The fraction of sp³-hybridized carbons (Fsp3) is 0.462. The van der Waals surface area contributed by atoms with Gasteiger partial charge in [-0.15, -0.1) is 0 Å². The fourth-order valence-electron chi connectivity index (χ4n) is 2.80. The quantitative estimate of drug-likeness (QED) is 0.513. The van der Waals surface area contributed by atoms with Crippen molar-refractivity contribution in [1.29, 1.82) is 0 Å². The van der Waals surface area contributed by atoms with Crippen molar-refractivity contribution in [2.24, 2.45) is 0 Å². The predicted octanol–water partition coefficient (Wildman–Crippen LogP) is 1.92. The van der Waals surface area contributed by atoms with E-state index in [9.17, 15) is 0 Å². The lowest BCUT2D eigenvalue weighted by Gasteiger charge is -2.28. The Morgan fingerprint density at radius 2 is 1.46 bits per heavy atom. The average Bonchev–Trinajstić information content (AvgIpc) is 3.22. The molecule has 0 fully saturated rings. The fourth-order valence-corrected chi connectivity index (χ4v) is 3.60. The topological polar surface area (TPSA) is 63.3 Å². The van der Waals surface area contributed by atoms with Gasteiger partial charge in [-0.05, 0) is 64.4 Å². The number of rotatable bonds is 5. The molecule has 0 spiro atoms. The first-order valence-electron chi connectivity index (χ1n) is 7.80. The van der Waals surface area contributed by atoms with Gasteiger partial charge in [-0.2, -0.15) is 10.2 Å². The van der Waals surface area contributed by atoms with E-state index in [1.807, 2.05) is 49.1 Å². The smallest absolute Gasteiger partial charge is 0.268 e. The zero-order valence-corrected chi connectivity index (χ0v) is 15.8. The molecule has 0 N–H and O–H groups in total. The molecule has 0 aliphatic carbocycles. The summed E-state index contributed by atoms with van der Waals surface area (Å²) in [6.45, 7) is 9.46. The Hall–Kier alpha value is -2.01. The second kappa shape index (κ2) is 6.48. The molecule has 0 bridgehead atoms. The van der Waals surface area contributed by atoms with Gasteiger partial charge < -0.3 is 22.9 Å². The molecule has 0 unspecified atom stereocenters. The summed E-state index contributed by atoms with van der Waals surface area (Å²) < 4.78 is 10.4. The van der Waals surface area contributed by atoms with Crippen LogP contribution in [0.15, 0.2) is 18.5 Å². The maximum absolute atomic E-state index is 5.61. The highest BCUT2D eigenvalue weighted by atomic mass is 32.1. The van der Waals surface area contributed by atoms with Crippen LogP contribution in [0.5, 0.6) is 0 Å². The third-order valence-electron chi connectivity index (χ3n) is 3.97. The van der Waals surface area contributed by atoms with E-state index in [4.69, 9.17) is 24.4 Å². The zero-order chi connectivity index (χ0) is 17.4. The molecular formula is C13H19BN8S2-. The Morgan fingerprint density at radius 3 is 1.79 bits per heavy atom. The van der Waals surface area contributed by atoms with Crippen LogP contribution >= 0.6 is 24.4 Å². The minimum Gasteiger partial charge on any atom is -0.425 e. The monoisotopic (exact) mass is 362 g/mol. The first-order chi connectivity index (χ1) is 11.5. The van der Waals surface area contributed by atoms with Crippen molar-refractivity contribution in [3.63, 3.8) is 0 Å². The SMILES string of the molecule is CCn1c(C)nn([B-](n2cccn2)n2nc(C)n(CC)c2=S)c1=S. The minimum atomic E-state index is -0.474. The summed E-state index contributed by atoms with van der Waals surface area (Å²) in [5.41, 5.74) is 0. The maximum Gasteiger partial charge on any atom is 0.268 e. The Labute approximate surface area is 150 Å². The average molecular weight is 362 g/mol. The number of aryl methyl sites for hydroxylation is 2. The molecule has 0 aromatic carbocycles. The van der Waals surface area contributed by atoms with Crippen LogP contribution in [-0.2, 0) is 13.1 Å². The van der Waals surface area contributed by atoms with Crippen LogP contribution in [0.4, 0.5) is 0 Å². The normalized spacial score (nSPS) is 11.5. The van der Waals surface area contributed by atoms with E-state index < -0.39 is 7.12 Å². The van der Waals surface area contributed by atoms with Crippen molar-refractivity contribution in [3.05, 3.63) is 39.7 Å². The van der Waals surface area contributed by atoms with Crippen LogP contribution in [0.1, 0.15) is 25.5 Å². The van der Waals surface area contributed by atoms with Gasteiger partial charge in [0.25, 0.3) is 7.12 Å². The third kappa shape index (κ3) is 2.57. The van der Waals surface area contributed by atoms with Gasteiger partial charge in [-0.1, -0.05) is 0 Å². The number of hydrogen-bond donors (Lipinski definition) is 0. The zero-order valence-electron chi connectivity index (χ0n) is 14.1. The number of nitrogens with zero attached hydrogens (tertiary/aromatic N) is 8. The predicted molar refractivity (Wildman–Crippen MR) is 97.1 cm³/mol. The summed E-state index contributed by atoms with van der Waals surface area (Å²) in [5.74, 6) is 1.69. The van der Waals surface area contributed by atoms with Gasteiger partial charge in [-0.3, -0.25) is 0 Å². The largest absolute Gasteiger partial charge is 0.425 e. The van der Waals surface area contributed by atoms with Crippen molar-refractivity contribution in [1.82, 2.24) is 38.2 Å². The molecule has 3 heterocycles. The molecule has 0 atom stereocenters. The van der Waals surface area contributed by atoms with E-state index >= 15 is 0 Å². The van der Waals surface area contributed by atoms with E-state index in [1.165, 1.54) is 0 Å². The highest BCUT2D eigenvalue weighted by Crippen LogP contribution is 2.08. The van der Waals surface area contributed by atoms with Crippen LogP contribution in [-0.4, -0.2) is 45.3 Å². The molecule has 24 heavy (non-hydrogen) atoms. The van der Waals surface area contributed by atoms with Crippen molar-refractivity contribution in [3.8, 4) is 0 Å². The van der Waals surface area contributed by atoms with Gasteiger partial charge in [0, 0.05) is 19.3 Å². The molecular weight excluding hydrogens is 343 g/mol. The van der Waals surface area contributed by atoms with Gasteiger partial charge in [-0.25, -0.2) is 5.10 Å². The third-order valence-corrected chi connectivity index (χ3v) is 4.79. The Bertz CT molecular complexity index is 899. The molecule has 3 aromatic heterocycles. The molecule has 0 aliphatic heterocycles. The summed E-state index contributed by atoms with van der Waals surface area (Å²) in [6, 6.07) is 1.85. The van der Waals surface area contributed by atoms with Gasteiger partial charge >= 0.3 is 0 Å². The molecule has 0 saturated carbocycles. The highest BCUT2D eigenvalue weighted by Gasteiger charge is 2.17. The number of hydrogen-bond acceptors (Lipinski definition) is 5. The number of aromatic nitrogens is 8. The summed E-state index contributed by atoms with van der Waals surface area (Å²) in [4.78, 5) is 0. The Balaban J connectivity index is 2.28. The molecule has 0 saturated heterocycles. The summed E-state index contributed by atoms with van der Waals surface area (Å²) in [6.07, 6.45) is 3.57. The molecule has 1 radical (unpaired) electrons. The molecule has 0 aliphatic rings. The van der Waals surface area contributed by atoms with Crippen LogP contribution in [0, 0.1) is 23.4 Å². The molecule has 3 aromatic rings. The lowest BCUT2D eigenvalue weighted by atomic mass is 9.96. The van der Waals surface area contributed by atoms with E-state index in [1.54, 1.807) is 20.0 Å². The first kappa shape index (κ1) is 16.8. The van der Waals surface area contributed by atoms with Gasteiger partial charge in [0.05, 0.1) is 0 Å². The van der Waals surface area contributed by atoms with Gasteiger partial charge in [0.1, 0.15) is 11.6 Å². The van der Waals surface area contributed by atoms with Gasteiger partial charge in [0.2, 0.25) is 0 Å². The van der Waals surface area contributed by atoms with Crippen molar-refractivity contribution in [2.75, 3.05) is 0 Å². The van der Waals surface area contributed by atoms with E-state index in [0.29, 0.717) is 9.54 Å². The second-order valence-electron chi connectivity index (χ2n) is 5.37. The molecule has 11 heteroatoms. The van der Waals surface area contributed by atoms with Crippen molar-refractivity contribution >= 4 is 31.6 Å². The van der Waals surface area contributed by atoms with E-state index in [0.717, 1.165) is 24.7 Å². The highest BCUT2D eigenvalue weighted by molar-refractivity contribution is 7.71. The molecule has 0 amide bonds. The first-order valence-corrected chi connectivity index (χ1v) is 8.62. The molecule has 8 nitrogen and oxygen atoms in total. The van der Waals surface area contributed by atoms with Crippen LogP contribution in [0.25, 0.3) is 0 Å². The Morgan fingerprint density at radius 1 is 0.958 bits per heavy atom. The van der Waals surface area contributed by atoms with Crippen LogP contribution in [0.3, 0.4) is 0 Å². The van der Waals surface area contributed by atoms with E-state index in [-0.39, 0.29) is 0 Å². The molecule has 3 rings (SSSR count). The second-order valence-corrected chi connectivity index (χ2v) is 6.10. The van der Waals surface area contributed by atoms with Crippen LogP contribution < -0.4 is 0 Å². The summed E-state index contributed by atoms with van der Waals surface area (Å²) in [5, 5.41) is 13.6. The lowest BCUT2D eigenvalue weighted by Crippen LogP contribution is -2.44. The van der Waals surface area contributed by atoms with E-state index in [2.05, 4.69) is 15.3 Å². The Kier molecular flexibility index (Phi) is 4.55. The molecule has 127 valence electrons. The summed E-state index contributed by atoms with van der Waals surface area (Å²) >= 11 is 11.2. The minimum absolute atomic E-state index is 0.474. The van der Waals surface area contributed by atoms with Crippen molar-refractivity contribution in [2.45, 2.75) is 40.8 Å².